The largest absolute Gasteiger partial charge is 0.445 e. The average molecular weight is 642 g/mol. The van der Waals surface area contributed by atoms with E-state index in [0.717, 1.165) is 31.0 Å². The standard InChI is InChI=1S/C34H45F2N5O5/c1-7-10-41(11-8-2)32(44)25-17-23(16-24(18-25)31-37-9-12-46-31)30(43)40-28(15-22-13-26(35)19-27(36)14-22)29(42)20-38-34(5,6)33(45)39-21(3)4/h9,12-14,16-19,21,28-29,38,42H,7-8,10-11,15,20H2,1-6H3,(H,39,45)(H,40,43)/t28-,29+/m0/s1. The summed E-state index contributed by atoms with van der Waals surface area (Å²) in [5, 5.41) is 19.9. The second-order valence-corrected chi connectivity index (χ2v) is 12.2. The third-order valence-electron chi connectivity index (χ3n) is 7.30. The molecule has 0 spiro atoms. The Morgan fingerprint density at radius 3 is 2.15 bits per heavy atom. The number of rotatable bonds is 16. The van der Waals surface area contributed by atoms with Crippen molar-refractivity contribution in [1.29, 1.82) is 0 Å². The molecule has 1 aromatic heterocycles. The van der Waals surface area contributed by atoms with Gasteiger partial charge in [-0.15, -0.1) is 0 Å². The fourth-order valence-corrected chi connectivity index (χ4v) is 4.95. The molecule has 2 atom stereocenters. The molecule has 0 saturated carbocycles. The summed E-state index contributed by atoms with van der Waals surface area (Å²) in [6.45, 7) is 11.8. The first-order chi connectivity index (χ1) is 21.7. The summed E-state index contributed by atoms with van der Waals surface area (Å²) in [7, 11) is 0. The van der Waals surface area contributed by atoms with E-state index in [0.29, 0.717) is 18.7 Å². The third kappa shape index (κ3) is 10.2. The summed E-state index contributed by atoms with van der Waals surface area (Å²) in [6, 6.07) is 6.42. The molecule has 2 aromatic carbocycles. The number of aliphatic hydroxyl groups is 1. The number of benzene rings is 2. The maximum Gasteiger partial charge on any atom is 0.253 e. The van der Waals surface area contributed by atoms with E-state index in [9.17, 15) is 28.3 Å². The SMILES string of the molecule is CCCN(CCC)C(=O)c1cc(C(=O)N[C@@H](Cc2cc(F)cc(F)c2)[C@H](O)CNC(C)(C)C(=O)NC(C)C)cc(-c2ncco2)c1. The third-order valence-corrected chi connectivity index (χ3v) is 7.30. The Labute approximate surface area is 269 Å². The van der Waals surface area contributed by atoms with Crippen molar-refractivity contribution in [3.05, 3.63) is 77.2 Å². The lowest BCUT2D eigenvalue weighted by Crippen LogP contribution is -2.58. The van der Waals surface area contributed by atoms with E-state index < -0.39 is 35.2 Å². The number of hydrogen-bond acceptors (Lipinski definition) is 7. The zero-order valence-electron chi connectivity index (χ0n) is 27.3. The second kappa shape index (κ2) is 16.4. The van der Waals surface area contributed by atoms with Crippen molar-refractivity contribution in [2.24, 2.45) is 0 Å². The van der Waals surface area contributed by atoms with E-state index >= 15 is 0 Å². The topological polar surface area (TPSA) is 137 Å². The minimum absolute atomic E-state index is 0.0965. The number of nitrogens with one attached hydrogen (secondary N) is 3. The summed E-state index contributed by atoms with van der Waals surface area (Å²) in [6.07, 6.45) is 2.91. The summed E-state index contributed by atoms with van der Waals surface area (Å²) in [5.74, 6) is -2.58. The van der Waals surface area contributed by atoms with Gasteiger partial charge in [-0.05, 0) is 82.9 Å². The molecule has 0 aliphatic carbocycles. The molecule has 4 N–H and O–H groups in total. The number of amides is 3. The van der Waals surface area contributed by atoms with Gasteiger partial charge < -0.3 is 30.4 Å². The molecule has 46 heavy (non-hydrogen) atoms. The quantitative estimate of drug-likeness (QED) is 0.181. The predicted octanol–water partition coefficient (Wildman–Crippen LogP) is 4.48. The average Bonchev–Trinajstić information content (AvgIpc) is 3.53. The highest BCUT2D eigenvalue weighted by atomic mass is 19.1. The van der Waals surface area contributed by atoms with Crippen molar-refractivity contribution >= 4 is 17.7 Å². The van der Waals surface area contributed by atoms with Gasteiger partial charge in [-0.2, -0.15) is 0 Å². The van der Waals surface area contributed by atoms with E-state index in [-0.39, 0.29) is 53.4 Å². The van der Waals surface area contributed by atoms with E-state index in [1.807, 2.05) is 27.7 Å². The molecule has 1 heterocycles. The number of aromatic nitrogens is 1. The number of nitrogens with zero attached hydrogens (tertiary/aromatic N) is 2. The fourth-order valence-electron chi connectivity index (χ4n) is 4.95. The lowest BCUT2D eigenvalue weighted by atomic mass is 9.97. The number of aliphatic hydroxyl groups excluding tert-OH is 1. The lowest BCUT2D eigenvalue weighted by molar-refractivity contribution is -0.127. The minimum Gasteiger partial charge on any atom is -0.445 e. The Kier molecular flexibility index (Phi) is 13.0. The van der Waals surface area contributed by atoms with Gasteiger partial charge in [-0.3, -0.25) is 14.4 Å². The van der Waals surface area contributed by atoms with Crippen LogP contribution in [-0.4, -0.2) is 76.1 Å². The van der Waals surface area contributed by atoms with Crippen LogP contribution in [0.3, 0.4) is 0 Å². The van der Waals surface area contributed by atoms with Crippen LogP contribution in [0, 0.1) is 11.6 Å². The zero-order valence-corrected chi connectivity index (χ0v) is 27.3. The molecule has 0 aliphatic rings. The molecule has 0 aliphatic heterocycles. The van der Waals surface area contributed by atoms with Gasteiger partial charge in [0.25, 0.3) is 11.8 Å². The maximum atomic E-state index is 14.1. The second-order valence-electron chi connectivity index (χ2n) is 12.2. The molecule has 3 rings (SSSR count). The normalized spacial score (nSPS) is 12.9. The zero-order chi connectivity index (χ0) is 34.0. The van der Waals surface area contributed by atoms with Crippen molar-refractivity contribution in [3.8, 4) is 11.5 Å². The highest BCUT2D eigenvalue weighted by Crippen LogP contribution is 2.23. The first-order valence-electron chi connectivity index (χ1n) is 15.6. The predicted molar refractivity (Wildman–Crippen MR) is 171 cm³/mol. The van der Waals surface area contributed by atoms with Crippen LogP contribution in [0.1, 0.15) is 80.7 Å². The Balaban J connectivity index is 1.96. The Morgan fingerprint density at radius 2 is 1.59 bits per heavy atom. The van der Waals surface area contributed by atoms with Crippen molar-refractivity contribution in [2.45, 2.75) is 84.5 Å². The van der Waals surface area contributed by atoms with Crippen LogP contribution in [0.15, 0.2) is 53.3 Å². The summed E-state index contributed by atoms with van der Waals surface area (Å²) < 4.78 is 33.6. The Bertz CT molecular complexity index is 1450. The molecular weight excluding hydrogens is 596 g/mol. The van der Waals surface area contributed by atoms with Gasteiger partial charge in [-0.1, -0.05) is 13.8 Å². The molecule has 3 amide bonds. The van der Waals surface area contributed by atoms with Crippen LogP contribution in [0.2, 0.25) is 0 Å². The molecular formula is C34H45F2N5O5. The van der Waals surface area contributed by atoms with Crippen LogP contribution in [0.4, 0.5) is 8.78 Å². The van der Waals surface area contributed by atoms with Crippen molar-refractivity contribution in [2.75, 3.05) is 19.6 Å². The number of oxazole rings is 1. The number of hydrogen-bond donors (Lipinski definition) is 4. The molecule has 3 aromatic rings. The molecule has 0 unspecified atom stereocenters. The van der Waals surface area contributed by atoms with Crippen molar-refractivity contribution < 1.29 is 32.7 Å². The molecule has 0 radical (unpaired) electrons. The van der Waals surface area contributed by atoms with Gasteiger partial charge in [-0.25, -0.2) is 13.8 Å². The molecule has 10 nitrogen and oxygen atoms in total. The van der Waals surface area contributed by atoms with Gasteiger partial charge in [0.2, 0.25) is 11.8 Å². The Hall–Kier alpha value is -4.16. The molecule has 0 bridgehead atoms. The summed E-state index contributed by atoms with van der Waals surface area (Å²) in [5.41, 5.74) is -0.116. The first-order valence-corrected chi connectivity index (χ1v) is 15.6. The van der Waals surface area contributed by atoms with E-state index in [1.165, 1.54) is 24.6 Å². The highest BCUT2D eigenvalue weighted by molar-refractivity contribution is 6.01. The fraction of sp³-hybridized carbons (Fsp3) is 0.471. The monoisotopic (exact) mass is 641 g/mol. The van der Waals surface area contributed by atoms with Gasteiger partial charge in [0, 0.05) is 48.4 Å². The maximum absolute atomic E-state index is 14.1. The van der Waals surface area contributed by atoms with Crippen LogP contribution < -0.4 is 16.0 Å². The van der Waals surface area contributed by atoms with Crippen molar-refractivity contribution in [1.82, 2.24) is 25.8 Å². The van der Waals surface area contributed by atoms with Crippen LogP contribution in [-0.2, 0) is 11.2 Å². The molecule has 0 fully saturated rings. The molecule has 250 valence electrons. The van der Waals surface area contributed by atoms with Gasteiger partial charge >= 0.3 is 0 Å². The van der Waals surface area contributed by atoms with Crippen LogP contribution in [0.5, 0.6) is 0 Å². The molecule has 12 heteroatoms. The van der Waals surface area contributed by atoms with E-state index in [2.05, 4.69) is 20.9 Å². The Morgan fingerprint density at radius 1 is 0.957 bits per heavy atom. The summed E-state index contributed by atoms with van der Waals surface area (Å²) in [4.78, 5) is 45.9. The molecule has 0 saturated heterocycles. The number of β-amino-alcohol motifs (C(OH)–C–C–N with tert-alkyl or cyclic N) is 1. The van der Waals surface area contributed by atoms with Gasteiger partial charge in [0.1, 0.15) is 17.9 Å². The number of carbonyl (C=O) groups is 3. The number of carbonyl (C=O) groups excluding carboxylic acids is 3. The van der Waals surface area contributed by atoms with Crippen LogP contribution >= 0.6 is 0 Å². The van der Waals surface area contributed by atoms with Gasteiger partial charge in [0.05, 0.1) is 23.9 Å². The van der Waals surface area contributed by atoms with Gasteiger partial charge in [0.15, 0.2) is 0 Å². The lowest BCUT2D eigenvalue weighted by Gasteiger charge is -2.30. The van der Waals surface area contributed by atoms with Crippen LogP contribution in [0.25, 0.3) is 11.5 Å². The van der Waals surface area contributed by atoms with Crippen molar-refractivity contribution in [3.63, 3.8) is 0 Å². The highest BCUT2D eigenvalue weighted by Gasteiger charge is 2.31. The van der Waals surface area contributed by atoms with E-state index in [4.69, 9.17) is 4.42 Å². The minimum atomic E-state index is -1.29. The smallest absolute Gasteiger partial charge is 0.253 e. The number of halogens is 2. The summed E-state index contributed by atoms with van der Waals surface area (Å²) >= 11 is 0. The first kappa shape index (κ1) is 36.3. The van der Waals surface area contributed by atoms with E-state index in [1.54, 1.807) is 24.8 Å².